The highest BCUT2D eigenvalue weighted by molar-refractivity contribution is 6.22. The van der Waals surface area contributed by atoms with E-state index >= 15 is 0 Å². The van der Waals surface area contributed by atoms with Crippen LogP contribution in [-0.2, 0) is 0 Å². The first-order valence-corrected chi connectivity index (χ1v) is 2.27. The maximum absolute atomic E-state index is 8.45. The molecular formula is C4H5ClO. The van der Waals surface area contributed by atoms with Crippen molar-refractivity contribution in [3.05, 3.63) is 11.8 Å². The molecule has 0 amide bonds. The van der Waals surface area contributed by atoms with Gasteiger partial charge < -0.3 is 5.11 Å². The highest BCUT2D eigenvalue weighted by Crippen LogP contribution is 2.21. The lowest BCUT2D eigenvalue weighted by atomic mass is 10.1. The number of halogens is 1. The molecule has 0 radical (unpaired) electrons. The van der Waals surface area contributed by atoms with Crippen molar-refractivity contribution in [3.63, 3.8) is 0 Å². The first-order chi connectivity index (χ1) is 2.80. The molecule has 1 N–H and O–H groups in total. The van der Waals surface area contributed by atoms with E-state index in [2.05, 4.69) is 0 Å². The van der Waals surface area contributed by atoms with Gasteiger partial charge in [-0.25, -0.2) is 0 Å². The van der Waals surface area contributed by atoms with Gasteiger partial charge in [-0.1, -0.05) is 0 Å². The Morgan fingerprint density at radius 3 is 2.50 bits per heavy atom. The summed E-state index contributed by atoms with van der Waals surface area (Å²) in [6.07, 6.45) is 2.53. The molecule has 0 bridgehead atoms. The Bertz CT molecular complexity index is 87.5. The summed E-state index contributed by atoms with van der Waals surface area (Å²) in [7, 11) is 0. The zero-order valence-corrected chi connectivity index (χ0v) is 3.94. The normalized spacial score (nSPS) is 31.5. The number of hydrogen-bond donors (Lipinski definition) is 1. The number of aliphatic hydroxyl groups excluding tert-OH is 1. The van der Waals surface area contributed by atoms with Crippen LogP contribution in [0, 0.1) is 0 Å². The summed E-state index contributed by atoms with van der Waals surface area (Å²) < 4.78 is 0. The van der Waals surface area contributed by atoms with E-state index in [1.807, 2.05) is 0 Å². The average molecular weight is 105 g/mol. The zero-order chi connectivity index (χ0) is 4.57. The van der Waals surface area contributed by atoms with Crippen molar-refractivity contribution < 1.29 is 5.11 Å². The summed E-state index contributed by atoms with van der Waals surface area (Å²) in [5.74, 6) is 0.330. The lowest BCUT2D eigenvalue weighted by Gasteiger charge is -2.13. The molecule has 0 heterocycles. The Morgan fingerprint density at radius 1 is 2.00 bits per heavy atom. The summed E-state index contributed by atoms with van der Waals surface area (Å²) in [6.45, 7) is 0. The van der Waals surface area contributed by atoms with Gasteiger partial charge in [-0.2, -0.15) is 0 Å². The molecule has 1 nitrogen and oxygen atoms in total. The van der Waals surface area contributed by atoms with Gasteiger partial charge in [0.25, 0.3) is 0 Å². The Kier molecular flexibility index (Phi) is 0.771. The fraction of sp³-hybridized carbons (Fsp3) is 0.500. The molecule has 0 saturated heterocycles. The molecule has 1 atom stereocenters. The van der Waals surface area contributed by atoms with Gasteiger partial charge in [-0.05, 0) is 12.5 Å². The van der Waals surface area contributed by atoms with Crippen LogP contribution in [-0.4, -0.2) is 10.5 Å². The van der Waals surface area contributed by atoms with Gasteiger partial charge in [0.15, 0.2) is 0 Å². The minimum atomic E-state index is -0.0787. The van der Waals surface area contributed by atoms with Crippen LogP contribution in [0.4, 0.5) is 0 Å². The highest BCUT2D eigenvalue weighted by Gasteiger charge is 2.15. The molecule has 34 valence electrons. The molecule has 2 heteroatoms. The van der Waals surface area contributed by atoms with Gasteiger partial charge in [0.1, 0.15) is 5.76 Å². The quantitative estimate of drug-likeness (QED) is 0.461. The Hall–Kier alpha value is -0.170. The van der Waals surface area contributed by atoms with Crippen molar-refractivity contribution in [1.82, 2.24) is 0 Å². The lowest BCUT2D eigenvalue weighted by molar-refractivity contribution is 0.367. The monoisotopic (exact) mass is 104 g/mol. The van der Waals surface area contributed by atoms with Gasteiger partial charge >= 0.3 is 0 Å². The molecule has 1 rings (SSSR count). The number of hydrogen-bond acceptors (Lipinski definition) is 1. The number of allylic oxidation sites excluding steroid dienone is 2. The third-order valence-electron chi connectivity index (χ3n) is 0.855. The molecule has 0 spiro atoms. The van der Waals surface area contributed by atoms with Crippen molar-refractivity contribution in [2.45, 2.75) is 11.8 Å². The second kappa shape index (κ2) is 1.16. The molecule has 0 aromatic rings. The topological polar surface area (TPSA) is 20.2 Å². The minimum absolute atomic E-state index is 0.0787. The maximum Gasteiger partial charge on any atom is 0.106 e. The van der Waals surface area contributed by atoms with Gasteiger partial charge in [-0.3, -0.25) is 0 Å². The summed E-state index contributed by atoms with van der Waals surface area (Å²) >= 11 is 5.38. The van der Waals surface area contributed by atoms with Crippen LogP contribution in [0.2, 0.25) is 0 Å². The van der Waals surface area contributed by atoms with E-state index < -0.39 is 0 Å². The fourth-order valence-electron chi connectivity index (χ4n) is 0.312. The Labute approximate surface area is 41.2 Å². The van der Waals surface area contributed by atoms with Crippen molar-refractivity contribution in [1.29, 1.82) is 0 Å². The predicted octanol–water partition coefficient (Wildman–Crippen LogP) is 1.44. The predicted molar refractivity (Wildman–Crippen MR) is 25.0 cm³/mol. The van der Waals surface area contributed by atoms with Crippen LogP contribution in [0.5, 0.6) is 0 Å². The summed E-state index contributed by atoms with van der Waals surface area (Å²) in [4.78, 5) is 0. The van der Waals surface area contributed by atoms with Gasteiger partial charge in [-0.15, -0.1) is 11.6 Å². The molecule has 0 aromatic carbocycles. The largest absolute Gasteiger partial charge is 0.511 e. The molecule has 0 aromatic heterocycles. The van der Waals surface area contributed by atoms with Crippen LogP contribution in [0.3, 0.4) is 0 Å². The molecule has 1 aliphatic rings. The van der Waals surface area contributed by atoms with E-state index in [0.29, 0.717) is 5.76 Å². The Balaban J connectivity index is 2.51. The first kappa shape index (κ1) is 4.00. The second-order valence-corrected chi connectivity index (χ2v) is 1.86. The van der Waals surface area contributed by atoms with E-state index in [-0.39, 0.29) is 5.38 Å². The van der Waals surface area contributed by atoms with Gasteiger partial charge in [0, 0.05) is 0 Å². The summed E-state index contributed by atoms with van der Waals surface area (Å²) in [5.41, 5.74) is 0. The van der Waals surface area contributed by atoms with E-state index in [9.17, 15) is 0 Å². The minimum Gasteiger partial charge on any atom is -0.511 e. The van der Waals surface area contributed by atoms with E-state index in [4.69, 9.17) is 16.7 Å². The molecule has 0 saturated carbocycles. The van der Waals surface area contributed by atoms with Gasteiger partial charge in [0.2, 0.25) is 0 Å². The average Bonchev–Trinajstić information content (AvgIpc) is 1.61. The summed E-state index contributed by atoms with van der Waals surface area (Å²) in [6, 6.07) is 0. The highest BCUT2D eigenvalue weighted by atomic mass is 35.5. The van der Waals surface area contributed by atoms with Crippen molar-refractivity contribution >= 4 is 11.6 Å². The number of aliphatic hydroxyl groups is 1. The third kappa shape index (κ3) is 0.393. The standard InChI is InChI=1S/C4H5ClO/c5-3-1-2-4(3)6/h2-3,6H,1H2/t3-/m1/s1. The summed E-state index contributed by atoms with van der Waals surface area (Å²) in [5, 5.41) is 8.37. The molecular weight excluding hydrogens is 99.5 g/mol. The van der Waals surface area contributed by atoms with Gasteiger partial charge in [0.05, 0.1) is 5.38 Å². The van der Waals surface area contributed by atoms with Crippen LogP contribution in [0.1, 0.15) is 6.42 Å². The SMILES string of the molecule is OC1=CC[C@H]1Cl. The Morgan fingerprint density at radius 2 is 2.50 bits per heavy atom. The lowest BCUT2D eigenvalue weighted by Crippen LogP contribution is -2.09. The molecule has 1 aliphatic carbocycles. The molecule has 0 fully saturated rings. The van der Waals surface area contributed by atoms with Crippen molar-refractivity contribution in [2.24, 2.45) is 0 Å². The van der Waals surface area contributed by atoms with E-state index in [1.54, 1.807) is 6.08 Å². The van der Waals surface area contributed by atoms with Crippen LogP contribution < -0.4 is 0 Å². The number of alkyl halides is 1. The first-order valence-electron chi connectivity index (χ1n) is 1.84. The van der Waals surface area contributed by atoms with E-state index in [0.717, 1.165) is 6.42 Å². The van der Waals surface area contributed by atoms with Crippen LogP contribution >= 0.6 is 11.6 Å². The maximum atomic E-state index is 8.45. The smallest absolute Gasteiger partial charge is 0.106 e. The molecule has 6 heavy (non-hydrogen) atoms. The van der Waals surface area contributed by atoms with Crippen LogP contribution in [0.25, 0.3) is 0 Å². The van der Waals surface area contributed by atoms with Crippen molar-refractivity contribution in [3.8, 4) is 0 Å². The van der Waals surface area contributed by atoms with Crippen LogP contribution in [0.15, 0.2) is 11.8 Å². The van der Waals surface area contributed by atoms with E-state index in [1.165, 1.54) is 0 Å². The zero-order valence-electron chi connectivity index (χ0n) is 3.19. The fourth-order valence-corrected chi connectivity index (χ4v) is 0.491. The number of rotatable bonds is 0. The second-order valence-electron chi connectivity index (χ2n) is 1.33. The molecule has 0 unspecified atom stereocenters. The third-order valence-corrected chi connectivity index (χ3v) is 1.26. The van der Waals surface area contributed by atoms with Crippen molar-refractivity contribution in [2.75, 3.05) is 0 Å². The molecule has 0 aliphatic heterocycles.